The summed E-state index contributed by atoms with van der Waals surface area (Å²) in [5.41, 5.74) is 4.27. The average molecular weight is 177 g/mol. The van der Waals surface area contributed by atoms with Crippen molar-refractivity contribution >= 4 is 5.65 Å². The van der Waals surface area contributed by atoms with Crippen molar-refractivity contribution in [2.45, 2.75) is 28.2 Å². The molecule has 3 nitrogen and oxygen atoms in total. The van der Waals surface area contributed by atoms with Crippen molar-refractivity contribution in [3.8, 4) is 0 Å². The van der Waals surface area contributed by atoms with Crippen molar-refractivity contribution in [2.24, 2.45) is 0 Å². The maximum Gasteiger partial charge on any atom is 0.155 e. The van der Waals surface area contributed by atoms with Gasteiger partial charge in [0.05, 0.1) is 5.69 Å². The molecule has 0 aliphatic rings. The number of rotatable bonds is 0. The minimum Gasteiger partial charge on any atom is -0.237 e. The molecule has 0 spiro atoms. The number of aryl methyl sites for hydroxylation is 3. The molecule has 13 heavy (non-hydrogen) atoms. The van der Waals surface area contributed by atoms with E-state index in [-0.39, 0.29) is 7.43 Å². The van der Waals surface area contributed by atoms with Gasteiger partial charge in [-0.05, 0) is 26.3 Å². The Hall–Kier alpha value is -1.38. The molecule has 2 heterocycles. The Morgan fingerprint density at radius 2 is 1.92 bits per heavy atom. The fourth-order valence-corrected chi connectivity index (χ4v) is 1.25. The van der Waals surface area contributed by atoms with Crippen LogP contribution in [0.4, 0.5) is 0 Å². The largest absolute Gasteiger partial charge is 0.237 e. The minimum atomic E-state index is 0. The molecule has 0 saturated heterocycles. The highest BCUT2D eigenvalue weighted by atomic mass is 15.3. The quantitative estimate of drug-likeness (QED) is 0.618. The molecule has 0 bridgehead atoms. The number of fused-ring (bicyclic) bond motifs is 1. The van der Waals surface area contributed by atoms with Gasteiger partial charge in [-0.1, -0.05) is 7.43 Å². The fourth-order valence-electron chi connectivity index (χ4n) is 1.25. The molecule has 0 amide bonds. The van der Waals surface area contributed by atoms with Crippen molar-refractivity contribution in [2.75, 3.05) is 0 Å². The van der Waals surface area contributed by atoms with E-state index in [1.54, 1.807) is 0 Å². The molecule has 0 aliphatic heterocycles. The lowest BCUT2D eigenvalue weighted by molar-refractivity contribution is 0.865. The molecule has 2 aromatic heterocycles. The first-order valence-corrected chi connectivity index (χ1v) is 3.97. The van der Waals surface area contributed by atoms with E-state index in [2.05, 4.69) is 17.0 Å². The summed E-state index contributed by atoms with van der Waals surface area (Å²) in [5, 5.41) is 4.33. The summed E-state index contributed by atoms with van der Waals surface area (Å²) in [7, 11) is 0. The van der Waals surface area contributed by atoms with Gasteiger partial charge in [-0.3, -0.25) is 0 Å². The Morgan fingerprint density at radius 3 is 2.62 bits per heavy atom. The summed E-state index contributed by atoms with van der Waals surface area (Å²) in [4.78, 5) is 4.26. The summed E-state index contributed by atoms with van der Waals surface area (Å²) >= 11 is 0. The van der Waals surface area contributed by atoms with Crippen molar-refractivity contribution in [3.05, 3.63) is 29.2 Å². The van der Waals surface area contributed by atoms with Crippen LogP contribution >= 0.6 is 0 Å². The van der Waals surface area contributed by atoms with Gasteiger partial charge in [0, 0.05) is 18.0 Å². The third-order valence-electron chi connectivity index (χ3n) is 2.09. The molecule has 0 unspecified atom stereocenters. The van der Waals surface area contributed by atoms with Crippen molar-refractivity contribution in [1.29, 1.82) is 0 Å². The molecule has 0 aromatic carbocycles. The SMILES string of the molecule is C.Cc1cc2ncc(C)c(C)n2n1. The van der Waals surface area contributed by atoms with Crippen LogP contribution in [-0.4, -0.2) is 14.6 Å². The summed E-state index contributed by atoms with van der Waals surface area (Å²) in [6.45, 7) is 6.07. The first kappa shape index (κ1) is 9.71. The highest BCUT2D eigenvalue weighted by Crippen LogP contribution is 2.08. The maximum atomic E-state index is 4.33. The second-order valence-corrected chi connectivity index (χ2v) is 3.08. The minimum absolute atomic E-state index is 0. The van der Waals surface area contributed by atoms with Crippen LogP contribution in [0.15, 0.2) is 12.3 Å². The Balaban J connectivity index is 0.000000845. The third-order valence-corrected chi connectivity index (χ3v) is 2.09. The molecular formula is C10H15N3. The van der Waals surface area contributed by atoms with Crippen LogP contribution in [0.1, 0.15) is 24.4 Å². The standard InChI is InChI=1S/C9H11N3.CH4/c1-6-5-10-9-4-7(2)11-12(9)8(6)3;/h4-5H,1-3H3;1H4. The summed E-state index contributed by atoms with van der Waals surface area (Å²) in [6, 6.07) is 1.98. The normalized spacial score (nSPS) is 10.1. The Labute approximate surface area is 78.4 Å². The van der Waals surface area contributed by atoms with Gasteiger partial charge < -0.3 is 0 Å². The topological polar surface area (TPSA) is 30.2 Å². The number of aromatic nitrogens is 3. The van der Waals surface area contributed by atoms with E-state index >= 15 is 0 Å². The number of nitrogens with zero attached hydrogens (tertiary/aromatic N) is 3. The highest BCUT2D eigenvalue weighted by molar-refractivity contribution is 5.41. The predicted octanol–water partition coefficient (Wildman–Crippen LogP) is 2.29. The molecule has 0 radical (unpaired) electrons. The third kappa shape index (κ3) is 1.41. The average Bonchev–Trinajstić information content (AvgIpc) is 2.39. The molecule has 3 heteroatoms. The smallest absolute Gasteiger partial charge is 0.155 e. The molecule has 0 N–H and O–H groups in total. The van der Waals surface area contributed by atoms with Gasteiger partial charge in [-0.25, -0.2) is 9.50 Å². The summed E-state index contributed by atoms with van der Waals surface area (Å²) in [5.74, 6) is 0. The second kappa shape index (κ2) is 3.17. The first-order chi connectivity index (χ1) is 5.68. The number of hydrogen-bond donors (Lipinski definition) is 0. The van der Waals surface area contributed by atoms with E-state index in [1.807, 2.05) is 30.6 Å². The molecule has 0 fully saturated rings. The zero-order valence-electron chi connectivity index (χ0n) is 7.50. The zero-order chi connectivity index (χ0) is 8.72. The van der Waals surface area contributed by atoms with Crippen LogP contribution < -0.4 is 0 Å². The summed E-state index contributed by atoms with van der Waals surface area (Å²) in [6.07, 6.45) is 1.88. The van der Waals surface area contributed by atoms with Gasteiger partial charge in [0.1, 0.15) is 0 Å². The second-order valence-electron chi connectivity index (χ2n) is 3.08. The Kier molecular flexibility index (Phi) is 2.36. The number of hydrogen-bond acceptors (Lipinski definition) is 2. The predicted molar refractivity (Wildman–Crippen MR) is 53.9 cm³/mol. The van der Waals surface area contributed by atoms with Gasteiger partial charge in [0.2, 0.25) is 0 Å². The molecule has 0 saturated carbocycles. The van der Waals surface area contributed by atoms with E-state index in [9.17, 15) is 0 Å². The zero-order valence-corrected chi connectivity index (χ0v) is 7.50. The Morgan fingerprint density at radius 1 is 1.23 bits per heavy atom. The molecule has 0 atom stereocenters. The fraction of sp³-hybridized carbons (Fsp3) is 0.400. The first-order valence-electron chi connectivity index (χ1n) is 3.97. The van der Waals surface area contributed by atoms with Crippen LogP contribution in [0.3, 0.4) is 0 Å². The van der Waals surface area contributed by atoms with Crippen LogP contribution in [0.25, 0.3) is 5.65 Å². The van der Waals surface area contributed by atoms with Crippen LogP contribution in [0.2, 0.25) is 0 Å². The van der Waals surface area contributed by atoms with Gasteiger partial charge in [-0.2, -0.15) is 5.10 Å². The molecule has 0 aliphatic carbocycles. The van der Waals surface area contributed by atoms with Crippen LogP contribution in [0.5, 0.6) is 0 Å². The van der Waals surface area contributed by atoms with Crippen LogP contribution in [-0.2, 0) is 0 Å². The molecular weight excluding hydrogens is 162 g/mol. The molecule has 2 rings (SSSR count). The lowest BCUT2D eigenvalue weighted by atomic mass is 10.3. The van der Waals surface area contributed by atoms with Crippen molar-refractivity contribution < 1.29 is 0 Å². The van der Waals surface area contributed by atoms with Gasteiger partial charge in [-0.15, -0.1) is 0 Å². The van der Waals surface area contributed by atoms with E-state index in [0.717, 1.165) is 17.0 Å². The van der Waals surface area contributed by atoms with Crippen molar-refractivity contribution in [1.82, 2.24) is 14.6 Å². The van der Waals surface area contributed by atoms with Gasteiger partial charge in [0.15, 0.2) is 5.65 Å². The van der Waals surface area contributed by atoms with E-state index < -0.39 is 0 Å². The molecule has 70 valence electrons. The lowest BCUT2D eigenvalue weighted by Crippen LogP contribution is -1.97. The van der Waals surface area contributed by atoms with E-state index in [1.165, 1.54) is 5.56 Å². The maximum absolute atomic E-state index is 4.33. The van der Waals surface area contributed by atoms with Gasteiger partial charge in [0.25, 0.3) is 0 Å². The Bertz CT molecular complexity index is 429. The van der Waals surface area contributed by atoms with Crippen molar-refractivity contribution in [3.63, 3.8) is 0 Å². The van der Waals surface area contributed by atoms with Gasteiger partial charge >= 0.3 is 0 Å². The van der Waals surface area contributed by atoms with Crippen LogP contribution in [0, 0.1) is 20.8 Å². The summed E-state index contributed by atoms with van der Waals surface area (Å²) < 4.78 is 1.88. The van der Waals surface area contributed by atoms with E-state index in [4.69, 9.17) is 0 Å². The lowest BCUT2D eigenvalue weighted by Gasteiger charge is -2.00. The highest BCUT2D eigenvalue weighted by Gasteiger charge is 2.02. The molecule has 2 aromatic rings. The monoisotopic (exact) mass is 177 g/mol. The van der Waals surface area contributed by atoms with E-state index in [0.29, 0.717) is 0 Å².